The van der Waals surface area contributed by atoms with E-state index in [-0.39, 0.29) is 17.3 Å². The van der Waals surface area contributed by atoms with Gasteiger partial charge in [0, 0.05) is 12.1 Å². The molecule has 0 aromatic heterocycles. The summed E-state index contributed by atoms with van der Waals surface area (Å²) >= 11 is 0. The van der Waals surface area contributed by atoms with Crippen LogP contribution in [0.25, 0.3) is 0 Å². The van der Waals surface area contributed by atoms with Crippen LogP contribution in [0.15, 0.2) is 83.8 Å². The first-order valence-corrected chi connectivity index (χ1v) is 14.6. The molecule has 0 spiro atoms. The van der Waals surface area contributed by atoms with E-state index < -0.39 is 34.1 Å². The van der Waals surface area contributed by atoms with Gasteiger partial charge in [-0.25, -0.2) is 8.42 Å². The van der Waals surface area contributed by atoms with E-state index >= 15 is 0 Å². The lowest BCUT2D eigenvalue weighted by Gasteiger charge is -2.35. The summed E-state index contributed by atoms with van der Waals surface area (Å²) in [5.74, 6) is -0.742. The Kier molecular flexibility index (Phi) is 9.56. The van der Waals surface area contributed by atoms with Gasteiger partial charge in [0.2, 0.25) is 11.8 Å². The molecule has 0 aliphatic rings. The monoisotopic (exact) mass is 549 g/mol. The van der Waals surface area contributed by atoms with Crippen LogP contribution in [0.3, 0.4) is 0 Å². The summed E-state index contributed by atoms with van der Waals surface area (Å²) in [5, 5.41) is 2.98. The third kappa shape index (κ3) is 7.47. The molecule has 1 atom stereocenters. The average Bonchev–Trinajstić information content (AvgIpc) is 2.89. The Bertz CT molecular complexity index is 1380. The lowest BCUT2D eigenvalue weighted by molar-refractivity contribution is -0.141. The van der Waals surface area contributed by atoms with Crippen LogP contribution in [0.1, 0.15) is 50.8 Å². The van der Waals surface area contributed by atoms with E-state index in [1.54, 1.807) is 30.3 Å². The molecule has 3 rings (SSSR count). The number of nitrogens with zero attached hydrogens (tertiary/aromatic N) is 2. The number of rotatable bonds is 10. The highest BCUT2D eigenvalue weighted by Crippen LogP contribution is 2.29. The maximum atomic E-state index is 14.1. The zero-order valence-corrected chi connectivity index (χ0v) is 24.5. The van der Waals surface area contributed by atoms with Gasteiger partial charge in [-0.15, -0.1) is 0 Å². The van der Waals surface area contributed by atoms with Crippen LogP contribution in [0.5, 0.6) is 0 Å². The van der Waals surface area contributed by atoms with Crippen molar-refractivity contribution in [1.82, 2.24) is 10.2 Å². The molecular weight excluding hydrogens is 510 g/mol. The molecule has 3 aromatic carbocycles. The highest BCUT2D eigenvalue weighted by atomic mass is 32.2. The van der Waals surface area contributed by atoms with Crippen LogP contribution < -0.4 is 9.62 Å². The van der Waals surface area contributed by atoms with Crippen molar-refractivity contribution in [3.05, 3.63) is 95.6 Å². The predicted octanol–water partition coefficient (Wildman–Crippen LogP) is 5.22. The molecular formula is C31H39N3O4S. The number of sulfonamides is 1. The summed E-state index contributed by atoms with van der Waals surface area (Å²) in [7, 11) is -4.09. The van der Waals surface area contributed by atoms with Crippen LogP contribution in [0.4, 0.5) is 5.69 Å². The predicted molar refractivity (Wildman–Crippen MR) is 156 cm³/mol. The highest BCUT2D eigenvalue weighted by Gasteiger charge is 2.35. The van der Waals surface area contributed by atoms with Crippen molar-refractivity contribution in [3.8, 4) is 0 Å². The summed E-state index contributed by atoms with van der Waals surface area (Å²) in [6.07, 6.45) is 0.370. The van der Waals surface area contributed by atoms with Crippen molar-refractivity contribution >= 4 is 27.5 Å². The van der Waals surface area contributed by atoms with Crippen molar-refractivity contribution < 1.29 is 18.0 Å². The minimum absolute atomic E-state index is 0.0887. The van der Waals surface area contributed by atoms with Crippen molar-refractivity contribution in [2.24, 2.45) is 0 Å². The Hall–Kier alpha value is -3.65. The summed E-state index contributed by atoms with van der Waals surface area (Å²) in [6, 6.07) is 22.1. The van der Waals surface area contributed by atoms with Gasteiger partial charge in [0.1, 0.15) is 12.6 Å². The van der Waals surface area contributed by atoms with Crippen molar-refractivity contribution in [1.29, 1.82) is 0 Å². The van der Waals surface area contributed by atoms with Gasteiger partial charge in [-0.3, -0.25) is 13.9 Å². The fourth-order valence-electron chi connectivity index (χ4n) is 4.39. The Labute approximate surface area is 232 Å². The van der Waals surface area contributed by atoms with Gasteiger partial charge in [0.15, 0.2) is 0 Å². The number of hydrogen-bond donors (Lipinski definition) is 1. The first kappa shape index (κ1) is 29.9. The average molecular weight is 550 g/mol. The molecule has 0 bridgehead atoms. The molecule has 0 radical (unpaired) electrons. The standard InChI is InChI=1S/C31H39N3O4S/c1-7-27(30(36)32-31(4,5)6)33(21-25-16-10-8-11-17-25)29(35)22-34(28-20-14-15-23(2)24(28)3)39(37,38)26-18-12-9-13-19-26/h8-20,27H,7,21-22H2,1-6H3,(H,32,36)/t27-/m1/s1. The van der Waals surface area contributed by atoms with Gasteiger partial charge in [-0.05, 0) is 75.9 Å². The quantitative estimate of drug-likeness (QED) is 0.376. The largest absolute Gasteiger partial charge is 0.350 e. The number of amides is 2. The first-order chi connectivity index (χ1) is 18.3. The first-order valence-electron chi connectivity index (χ1n) is 13.1. The molecule has 1 N–H and O–H groups in total. The molecule has 2 amide bonds. The number of anilines is 1. The third-order valence-electron chi connectivity index (χ3n) is 6.53. The van der Waals surface area contributed by atoms with E-state index in [0.29, 0.717) is 12.1 Å². The van der Waals surface area contributed by atoms with Gasteiger partial charge < -0.3 is 10.2 Å². The topological polar surface area (TPSA) is 86.8 Å². The number of carbonyl (C=O) groups excluding carboxylic acids is 2. The molecule has 3 aromatic rings. The minimum atomic E-state index is -4.09. The molecule has 0 fully saturated rings. The van der Waals surface area contributed by atoms with E-state index in [1.165, 1.54) is 21.3 Å². The Balaban J connectivity index is 2.09. The minimum Gasteiger partial charge on any atom is -0.350 e. The Morgan fingerprint density at radius 1 is 0.872 bits per heavy atom. The third-order valence-corrected chi connectivity index (χ3v) is 8.31. The second-order valence-corrected chi connectivity index (χ2v) is 12.6. The van der Waals surface area contributed by atoms with E-state index in [1.807, 2.05) is 77.9 Å². The number of hydrogen-bond acceptors (Lipinski definition) is 4. The SMILES string of the molecule is CC[C@H](C(=O)NC(C)(C)C)N(Cc1ccccc1)C(=O)CN(c1cccc(C)c1C)S(=O)(=O)c1ccccc1. The second kappa shape index (κ2) is 12.5. The molecule has 208 valence electrons. The molecule has 0 aliphatic carbocycles. The zero-order valence-electron chi connectivity index (χ0n) is 23.6. The Morgan fingerprint density at radius 3 is 2.03 bits per heavy atom. The molecule has 7 nitrogen and oxygen atoms in total. The molecule has 39 heavy (non-hydrogen) atoms. The molecule has 0 saturated carbocycles. The van der Waals surface area contributed by atoms with E-state index in [2.05, 4.69) is 5.32 Å². The summed E-state index contributed by atoms with van der Waals surface area (Å²) in [6.45, 7) is 11.0. The summed E-state index contributed by atoms with van der Waals surface area (Å²) < 4.78 is 29.1. The molecule has 0 saturated heterocycles. The van der Waals surface area contributed by atoms with Crippen LogP contribution in [-0.2, 0) is 26.2 Å². The lowest BCUT2D eigenvalue weighted by Crippen LogP contribution is -2.55. The van der Waals surface area contributed by atoms with Gasteiger partial charge in [-0.1, -0.05) is 67.6 Å². The van der Waals surface area contributed by atoms with Crippen LogP contribution in [-0.4, -0.2) is 43.3 Å². The molecule has 0 unspecified atom stereocenters. The van der Waals surface area contributed by atoms with Gasteiger partial charge >= 0.3 is 0 Å². The maximum Gasteiger partial charge on any atom is 0.264 e. The van der Waals surface area contributed by atoms with Crippen LogP contribution in [0, 0.1) is 13.8 Å². The molecule has 0 heterocycles. The number of nitrogens with one attached hydrogen (secondary N) is 1. The number of carbonyl (C=O) groups is 2. The van der Waals surface area contributed by atoms with Gasteiger partial charge in [-0.2, -0.15) is 0 Å². The van der Waals surface area contributed by atoms with Crippen molar-refractivity contribution in [2.75, 3.05) is 10.8 Å². The van der Waals surface area contributed by atoms with Gasteiger partial charge in [0.05, 0.1) is 10.6 Å². The van der Waals surface area contributed by atoms with Crippen molar-refractivity contribution in [3.63, 3.8) is 0 Å². The number of benzene rings is 3. The summed E-state index contributed by atoms with van der Waals surface area (Å²) in [4.78, 5) is 29.1. The highest BCUT2D eigenvalue weighted by molar-refractivity contribution is 7.92. The second-order valence-electron chi connectivity index (χ2n) is 10.7. The molecule has 8 heteroatoms. The fraction of sp³-hybridized carbons (Fsp3) is 0.355. The van der Waals surface area contributed by atoms with Crippen LogP contribution >= 0.6 is 0 Å². The van der Waals surface area contributed by atoms with E-state index in [0.717, 1.165) is 16.7 Å². The number of aryl methyl sites for hydroxylation is 1. The zero-order chi connectivity index (χ0) is 28.8. The Morgan fingerprint density at radius 2 is 1.46 bits per heavy atom. The normalized spacial score (nSPS) is 12.5. The maximum absolute atomic E-state index is 14.1. The van der Waals surface area contributed by atoms with E-state index in [4.69, 9.17) is 0 Å². The van der Waals surface area contributed by atoms with E-state index in [9.17, 15) is 18.0 Å². The fourth-order valence-corrected chi connectivity index (χ4v) is 5.88. The lowest BCUT2D eigenvalue weighted by atomic mass is 10.1. The molecule has 0 aliphatic heterocycles. The smallest absolute Gasteiger partial charge is 0.264 e. The van der Waals surface area contributed by atoms with Crippen LogP contribution in [0.2, 0.25) is 0 Å². The van der Waals surface area contributed by atoms with Gasteiger partial charge in [0.25, 0.3) is 10.0 Å². The summed E-state index contributed by atoms with van der Waals surface area (Å²) in [5.41, 5.74) is 2.45. The van der Waals surface area contributed by atoms with Crippen molar-refractivity contribution in [2.45, 2.75) is 71.0 Å².